The summed E-state index contributed by atoms with van der Waals surface area (Å²) in [6.07, 6.45) is -3.84. The number of rotatable bonds is 8. The number of aromatic nitrogens is 2. The van der Waals surface area contributed by atoms with E-state index in [1.54, 1.807) is 0 Å². The second-order valence-electron chi connectivity index (χ2n) is 7.91. The summed E-state index contributed by atoms with van der Waals surface area (Å²) in [5.74, 6) is -3.01. The molecule has 1 aromatic heterocycles. The van der Waals surface area contributed by atoms with Crippen molar-refractivity contribution in [2.45, 2.75) is 32.1 Å². The van der Waals surface area contributed by atoms with Gasteiger partial charge in [0.25, 0.3) is 0 Å². The summed E-state index contributed by atoms with van der Waals surface area (Å²) in [6, 6.07) is 7.85. The number of nitrogens with zero attached hydrogens (tertiary/aromatic N) is 2. The van der Waals surface area contributed by atoms with Crippen LogP contribution in [-0.4, -0.2) is 30.4 Å². The first kappa shape index (κ1) is 27.6. The van der Waals surface area contributed by atoms with Crippen LogP contribution in [-0.2, 0) is 34.1 Å². The number of alkyl halides is 3. The Hall–Kier alpha value is -3.03. The Bertz CT molecular complexity index is 1390. The molecular formula is C22H20ClF5N4O3S. The van der Waals surface area contributed by atoms with Gasteiger partial charge in [0.1, 0.15) is 11.6 Å². The number of halogens is 6. The number of benzene rings is 2. The molecule has 0 fully saturated rings. The van der Waals surface area contributed by atoms with Gasteiger partial charge in [0.2, 0.25) is 15.9 Å². The minimum atomic E-state index is -4.77. The number of hydrogen-bond donors (Lipinski definition) is 2. The van der Waals surface area contributed by atoms with Crippen LogP contribution in [0.15, 0.2) is 42.5 Å². The van der Waals surface area contributed by atoms with E-state index in [1.807, 2.05) is 0 Å². The first-order chi connectivity index (χ1) is 16.7. The summed E-state index contributed by atoms with van der Waals surface area (Å²) >= 11 is 5.74. The predicted molar refractivity (Wildman–Crippen MR) is 122 cm³/mol. The normalized spacial score (nSPS) is 13.0. The lowest BCUT2D eigenvalue weighted by Gasteiger charge is -2.15. The molecule has 0 bridgehead atoms. The van der Waals surface area contributed by atoms with Crippen molar-refractivity contribution < 1.29 is 35.2 Å². The minimum absolute atomic E-state index is 0.0505. The highest BCUT2D eigenvalue weighted by atomic mass is 35.5. The van der Waals surface area contributed by atoms with Crippen LogP contribution < -0.4 is 10.0 Å². The first-order valence-electron chi connectivity index (χ1n) is 10.3. The number of carbonyl (C=O) groups is 1. The van der Waals surface area contributed by atoms with Crippen molar-refractivity contribution in [2.75, 3.05) is 6.26 Å². The Kier molecular flexibility index (Phi) is 8.06. The van der Waals surface area contributed by atoms with Crippen LogP contribution in [0.2, 0.25) is 5.02 Å². The van der Waals surface area contributed by atoms with E-state index < -0.39 is 45.4 Å². The van der Waals surface area contributed by atoms with Crippen molar-refractivity contribution >= 4 is 27.5 Å². The van der Waals surface area contributed by atoms with Gasteiger partial charge in [0.15, 0.2) is 5.69 Å². The quantitative estimate of drug-likeness (QED) is 0.409. The summed E-state index contributed by atoms with van der Waals surface area (Å²) in [5, 5.41) is 5.69. The Morgan fingerprint density at radius 3 is 2.36 bits per heavy atom. The van der Waals surface area contributed by atoms with E-state index in [0.29, 0.717) is 0 Å². The highest BCUT2D eigenvalue weighted by Crippen LogP contribution is 2.30. The van der Waals surface area contributed by atoms with Gasteiger partial charge in [0, 0.05) is 12.1 Å². The highest BCUT2D eigenvalue weighted by molar-refractivity contribution is 7.88. The molecule has 1 heterocycles. The zero-order valence-electron chi connectivity index (χ0n) is 18.8. The molecule has 0 aliphatic carbocycles. The molecule has 3 aromatic rings. The summed E-state index contributed by atoms with van der Waals surface area (Å²) < 4.78 is 93.1. The number of sulfonamides is 1. The van der Waals surface area contributed by atoms with Crippen LogP contribution in [0.4, 0.5) is 22.0 Å². The molecule has 36 heavy (non-hydrogen) atoms. The number of carbonyl (C=O) groups excluding carboxylic acids is 1. The van der Waals surface area contributed by atoms with Gasteiger partial charge in [-0.15, -0.1) is 0 Å². The summed E-state index contributed by atoms with van der Waals surface area (Å²) in [7, 11) is -3.53. The molecule has 3 rings (SSSR count). The third-order valence-electron chi connectivity index (χ3n) is 5.16. The Morgan fingerprint density at radius 2 is 1.78 bits per heavy atom. The van der Waals surface area contributed by atoms with Crippen molar-refractivity contribution in [1.82, 2.24) is 19.8 Å². The number of amides is 1. The maximum absolute atomic E-state index is 14.4. The van der Waals surface area contributed by atoms with E-state index in [-0.39, 0.29) is 40.6 Å². The second-order valence-corrected chi connectivity index (χ2v) is 10.2. The van der Waals surface area contributed by atoms with Crippen molar-refractivity contribution in [2.24, 2.45) is 0 Å². The molecule has 1 unspecified atom stereocenters. The van der Waals surface area contributed by atoms with Gasteiger partial charge in [-0.2, -0.15) is 18.3 Å². The molecule has 0 saturated heterocycles. The van der Waals surface area contributed by atoms with Crippen LogP contribution in [0.25, 0.3) is 5.69 Å². The maximum Gasteiger partial charge on any atom is 0.435 e. The van der Waals surface area contributed by atoms with E-state index in [2.05, 4.69) is 15.1 Å². The lowest BCUT2D eigenvalue weighted by Crippen LogP contribution is -2.28. The van der Waals surface area contributed by atoms with Gasteiger partial charge >= 0.3 is 6.18 Å². The van der Waals surface area contributed by atoms with Crippen LogP contribution in [0.3, 0.4) is 0 Å². The number of hydrogen-bond acceptors (Lipinski definition) is 4. The van der Waals surface area contributed by atoms with Gasteiger partial charge in [-0.25, -0.2) is 26.6 Å². The highest BCUT2D eigenvalue weighted by Gasteiger charge is 2.35. The maximum atomic E-state index is 14.4. The van der Waals surface area contributed by atoms with Crippen molar-refractivity contribution in [3.05, 3.63) is 81.6 Å². The molecular weight excluding hydrogens is 531 g/mol. The fourth-order valence-electron chi connectivity index (χ4n) is 3.19. The van der Waals surface area contributed by atoms with Crippen LogP contribution in [0, 0.1) is 11.6 Å². The van der Waals surface area contributed by atoms with Gasteiger partial charge in [0.05, 0.1) is 35.1 Å². The average molecular weight is 551 g/mol. The molecule has 194 valence electrons. The fraction of sp³-hybridized carbons (Fsp3) is 0.273. The molecule has 7 nitrogen and oxygen atoms in total. The third-order valence-corrected chi connectivity index (χ3v) is 6.12. The SMILES string of the molecule is CC(C(=O)NCc1cc(C(F)(F)F)nn1-c1ccc(F)c(Cl)c1)c1ccc(CNS(C)(=O)=O)c(F)c1. The molecule has 2 aromatic carbocycles. The standard InChI is InChI=1S/C22H20ClF5N4O3S/c1-12(13-3-4-14(19(25)7-13)10-30-36(2,34)35)21(33)29-11-16-9-20(22(26,27)28)31-32(16)15-5-6-18(24)17(23)8-15/h3-9,12,30H,10-11H2,1-2H3,(H,29,33). The monoisotopic (exact) mass is 550 g/mol. The van der Waals surface area contributed by atoms with Gasteiger partial charge in [-0.3, -0.25) is 4.79 Å². The van der Waals surface area contributed by atoms with Crippen LogP contribution >= 0.6 is 11.6 Å². The molecule has 0 radical (unpaired) electrons. The molecule has 0 saturated carbocycles. The van der Waals surface area contributed by atoms with Crippen molar-refractivity contribution in [3.63, 3.8) is 0 Å². The lowest BCUT2D eigenvalue weighted by atomic mass is 9.98. The van der Waals surface area contributed by atoms with E-state index in [1.165, 1.54) is 25.1 Å². The van der Waals surface area contributed by atoms with E-state index in [4.69, 9.17) is 11.6 Å². The van der Waals surface area contributed by atoms with E-state index in [9.17, 15) is 35.2 Å². The Balaban J connectivity index is 1.78. The molecule has 14 heteroatoms. The van der Waals surface area contributed by atoms with Crippen molar-refractivity contribution in [1.29, 1.82) is 0 Å². The summed E-state index contributed by atoms with van der Waals surface area (Å²) in [5.41, 5.74) is -0.893. The summed E-state index contributed by atoms with van der Waals surface area (Å²) in [4.78, 5) is 12.7. The largest absolute Gasteiger partial charge is 0.435 e. The van der Waals surface area contributed by atoms with Gasteiger partial charge < -0.3 is 5.32 Å². The zero-order chi connectivity index (χ0) is 26.8. The molecule has 2 N–H and O–H groups in total. The summed E-state index contributed by atoms with van der Waals surface area (Å²) in [6.45, 7) is 0.821. The minimum Gasteiger partial charge on any atom is -0.350 e. The molecule has 1 atom stereocenters. The van der Waals surface area contributed by atoms with Crippen molar-refractivity contribution in [3.8, 4) is 5.69 Å². The van der Waals surface area contributed by atoms with Gasteiger partial charge in [-0.1, -0.05) is 23.7 Å². The average Bonchev–Trinajstić information content (AvgIpc) is 3.22. The fourth-order valence-corrected chi connectivity index (χ4v) is 3.78. The Morgan fingerprint density at radius 1 is 1.08 bits per heavy atom. The molecule has 0 aliphatic rings. The number of nitrogens with one attached hydrogen (secondary N) is 2. The molecule has 1 amide bonds. The van der Waals surface area contributed by atoms with Crippen LogP contribution in [0.5, 0.6) is 0 Å². The first-order valence-corrected chi connectivity index (χ1v) is 12.5. The van der Waals surface area contributed by atoms with E-state index >= 15 is 0 Å². The lowest BCUT2D eigenvalue weighted by molar-refractivity contribution is -0.141. The van der Waals surface area contributed by atoms with Gasteiger partial charge in [-0.05, 0) is 42.8 Å². The smallest absolute Gasteiger partial charge is 0.350 e. The zero-order valence-corrected chi connectivity index (χ0v) is 20.4. The third kappa shape index (κ3) is 6.80. The molecule has 0 aliphatic heterocycles. The predicted octanol–water partition coefficient (Wildman–Crippen LogP) is 4.29. The Labute approximate surface area is 208 Å². The topological polar surface area (TPSA) is 93.1 Å². The van der Waals surface area contributed by atoms with Crippen LogP contribution in [0.1, 0.15) is 35.4 Å². The molecule has 0 spiro atoms. The van der Waals surface area contributed by atoms with E-state index in [0.717, 1.165) is 35.2 Å². The second kappa shape index (κ2) is 10.5.